The Hall–Kier alpha value is -2.76. The molecule has 1 fully saturated rings. The van der Waals surface area contributed by atoms with Gasteiger partial charge in [0.15, 0.2) is 17.3 Å². The predicted molar refractivity (Wildman–Crippen MR) is 103 cm³/mol. The second-order valence-electron chi connectivity index (χ2n) is 6.97. The summed E-state index contributed by atoms with van der Waals surface area (Å²) in [7, 11) is 1.61. The van der Waals surface area contributed by atoms with Crippen LogP contribution in [0.4, 0.5) is 0 Å². The van der Waals surface area contributed by atoms with Crippen molar-refractivity contribution in [3.05, 3.63) is 47.4 Å². The number of benzene rings is 1. The lowest BCUT2D eigenvalue weighted by molar-refractivity contribution is -0.127. The molecule has 27 heavy (non-hydrogen) atoms. The van der Waals surface area contributed by atoms with E-state index in [1.54, 1.807) is 19.3 Å². The van der Waals surface area contributed by atoms with Crippen LogP contribution in [0, 0.1) is 6.92 Å². The van der Waals surface area contributed by atoms with Gasteiger partial charge >= 0.3 is 0 Å². The molecular formula is C21H26N2O4. The van der Waals surface area contributed by atoms with Gasteiger partial charge in [0.25, 0.3) is 0 Å². The molecule has 1 aromatic heterocycles. The van der Waals surface area contributed by atoms with Gasteiger partial charge in [-0.05, 0) is 57.4 Å². The van der Waals surface area contributed by atoms with Crippen molar-refractivity contribution in [2.45, 2.75) is 45.8 Å². The van der Waals surface area contributed by atoms with Gasteiger partial charge < -0.3 is 18.9 Å². The molecule has 1 amide bonds. The van der Waals surface area contributed by atoms with E-state index in [4.69, 9.17) is 14.0 Å². The molecule has 2 heterocycles. The second-order valence-corrected chi connectivity index (χ2v) is 6.97. The van der Waals surface area contributed by atoms with Crippen LogP contribution in [0.15, 0.2) is 34.9 Å². The van der Waals surface area contributed by atoms with E-state index in [1.807, 2.05) is 49.9 Å². The van der Waals surface area contributed by atoms with Crippen molar-refractivity contribution >= 4 is 12.0 Å². The van der Waals surface area contributed by atoms with Gasteiger partial charge in [0.2, 0.25) is 5.91 Å². The van der Waals surface area contributed by atoms with Crippen molar-refractivity contribution in [1.29, 1.82) is 0 Å². The summed E-state index contributed by atoms with van der Waals surface area (Å²) < 4.78 is 16.5. The van der Waals surface area contributed by atoms with Crippen LogP contribution in [0.1, 0.15) is 49.7 Å². The van der Waals surface area contributed by atoms with E-state index in [-0.39, 0.29) is 18.1 Å². The van der Waals surface area contributed by atoms with E-state index in [2.05, 4.69) is 5.16 Å². The Morgan fingerprint density at radius 2 is 2.15 bits per heavy atom. The van der Waals surface area contributed by atoms with Gasteiger partial charge in [0.1, 0.15) is 0 Å². The Morgan fingerprint density at radius 3 is 2.81 bits per heavy atom. The molecule has 6 heteroatoms. The highest BCUT2D eigenvalue weighted by Gasteiger charge is 2.31. The molecule has 0 unspecified atom stereocenters. The quantitative estimate of drug-likeness (QED) is 0.715. The Morgan fingerprint density at radius 1 is 1.33 bits per heavy atom. The zero-order valence-corrected chi connectivity index (χ0v) is 16.3. The monoisotopic (exact) mass is 370 g/mol. The number of hydrogen-bond donors (Lipinski definition) is 0. The normalized spacial score (nSPS) is 17.1. The van der Waals surface area contributed by atoms with E-state index < -0.39 is 0 Å². The first-order chi connectivity index (χ1) is 13.0. The molecule has 1 saturated heterocycles. The summed E-state index contributed by atoms with van der Waals surface area (Å²) in [6.45, 7) is 6.54. The Labute approximate surface area is 159 Å². The lowest BCUT2D eigenvalue weighted by Crippen LogP contribution is -2.28. The van der Waals surface area contributed by atoms with Crippen LogP contribution >= 0.6 is 0 Å². The molecule has 3 rings (SSSR count). The van der Waals surface area contributed by atoms with Gasteiger partial charge in [0, 0.05) is 18.7 Å². The largest absolute Gasteiger partial charge is 0.493 e. The van der Waals surface area contributed by atoms with Crippen LogP contribution in [0.2, 0.25) is 0 Å². The van der Waals surface area contributed by atoms with E-state index in [0.29, 0.717) is 11.5 Å². The first kappa shape index (κ1) is 19.0. The van der Waals surface area contributed by atoms with Crippen LogP contribution in [0.5, 0.6) is 11.5 Å². The fraction of sp³-hybridized carbons (Fsp3) is 0.429. The molecule has 2 aromatic rings. The fourth-order valence-corrected chi connectivity index (χ4v) is 3.27. The molecule has 0 N–H and O–H groups in total. The van der Waals surface area contributed by atoms with Crippen molar-refractivity contribution in [3.8, 4) is 11.5 Å². The van der Waals surface area contributed by atoms with Gasteiger partial charge in [-0.1, -0.05) is 11.2 Å². The molecule has 0 saturated carbocycles. The number of hydrogen-bond acceptors (Lipinski definition) is 5. The SMILES string of the molecule is COc1cc(/C=C/C(=O)N2CCC[C@H]2c2cc(C)no2)ccc1OC(C)C. The van der Waals surface area contributed by atoms with Crippen LogP contribution in [0.25, 0.3) is 6.08 Å². The molecular weight excluding hydrogens is 344 g/mol. The van der Waals surface area contributed by atoms with E-state index in [0.717, 1.165) is 36.4 Å². The Kier molecular flexibility index (Phi) is 5.84. The lowest BCUT2D eigenvalue weighted by atomic mass is 10.1. The van der Waals surface area contributed by atoms with Gasteiger partial charge in [-0.25, -0.2) is 0 Å². The van der Waals surface area contributed by atoms with Gasteiger partial charge in [-0.3, -0.25) is 4.79 Å². The molecule has 1 aliphatic rings. The number of aromatic nitrogens is 1. The summed E-state index contributed by atoms with van der Waals surface area (Å²) in [5.74, 6) is 2.06. The standard InChI is InChI=1S/C21H26N2O4/c1-14(2)26-18-9-7-16(13-20(18)25-4)8-10-21(24)23-11-5-6-17(23)19-12-15(3)22-27-19/h7-10,12-14,17H,5-6,11H2,1-4H3/b10-8+/t17-/m0/s1. The van der Waals surface area contributed by atoms with E-state index >= 15 is 0 Å². The number of amides is 1. The van der Waals surface area contributed by atoms with Crippen LogP contribution in [-0.4, -0.2) is 35.7 Å². The predicted octanol–water partition coefficient (Wildman–Crippen LogP) is 4.16. The Balaban J connectivity index is 1.72. The van der Waals surface area contributed by atoms with Crippen LogP contribution in [-0.2, 0) is 4.79 Å². The van der Waals surface area contributed by atoms with Crippen molar-refractivity contribution in [2.24, 2.45) is 0 Å². The third kappa shape index (κ3) is 4.51. The molecule has 144 valence electrons. The Bertz CT molecular complexity index is 825. The first-order valence-corrected chi connectivity index (χ1v) is 9.24. The number of likely N-dealkylation sites (tertiary alicyclic amines) is 1. The summed E-state index contributed by atoms with van der Waals surface area (Å²) >= 11 is 0. The maximum Gasteiger partial charge on any atom is 0.247 e. The minimum atomic E-state index is -0.0419. The van der Waals surface area contributed by atoms with Crippen molar-refractivity contribution in [1.82, 2.24) is 10.1 Å². The minimum Gasteiger partial charge on any atom is -0.493 e. The summed E-state index contributed by atoms with van der Waals surface area (Å²) in [6, 6.07) is 7.49. The molecule has 0 radical (unpaired) electrons. The number of rotatable bonds is 6. The van der Waals surface area contributed by atoms with Crippen LogP contribution < -0.4 is 9.47 Å². The molecule has 1 atom stereocenters. The van der Waals surface area contributed by atoms with Crippen molar-refractivity contribution in [2.75, 3.05) is 13.7 Å². The number of ether oxygens (including phenoxy) is 2. The minimum absolute atomic E-state index is 0.0342. The molecule has 0 bridgehead atoms. The fourth-order valence-electron chi connectivity index (χ4n) is 3.27. The third-order valence-corrected chi connectivity index (χ3v) is 4.48. The second kappa shape index (κ2) is 8.29. The average molecular weight is 370 g/mol. The zero-order valence-electron chi connectivity index (χ0n) is 16.3. The van der Waals surface area contributed by atoms with Crippen molar-refractivity contribution < 1.29 is 18.8 Å². The molecule has 0 spiro atoms. The summed E-state index contributed by atoms with van der Waals surface area (Å²) in [5.41, 5.74) is 1.71. The highest BCUT2D eigenvalue weighted by atomic mass is 16.5. The molecule has 1 aromatic carbocycles. The third-order valence-electron chi connectivity index (χ3n) is 4.48. The summed E-state index contributed by atoms with van der Waals surface area (Å²) in [6.07, 6.45) is 5.31. The number of carbonyl (C=O) groups is 1. The number of carbonyl (C=O) groups excluding carboxylic acids is 1. The maximum atomic E-state index is 12.7. The molecule has 6 nitrogen and oxygen atoms in total. The van der Waals surface area contributed by atoms with Gasteiger partial charge in [-0.2, -0.15) is 0 Å². The zero-order chi connectivity index (χ0) is 19.4. The van der Waals surface area contributed by atoms with Crippen LogP contribution in [0.3, 0.4) is 0 Å². The summed E-state index contributed by atoms with van der Waals surface area (Å²) in [5, 5.41) is 3.94. The number of methoxy groups -OCH3 is 1. The highest BCUT2D eigenvalue weighted by molar-refractivity contribution is 5.92. The smallest absolute Gasteiger partial charge is 0.247 e. The number of nitrogens with zero attached hydrogens (tertiary/aromatic N) is 2. The summed E-state index contributed by atoms with van der Waals surface area (Å²) in [4.78, 5) is 14.5. The maximum absolute atomic E-state index is 12.7. The van der Waals surface area contributed by atoms with E-state index in [9.17, 15) is 4.79 Å². The lowest BCUT2D eigenvalue weighted by Gasteiger charge is -2.21. The molecule has 0 aliphatic carbocycles. The molecule has 1 aliphatic heterocycles. The van der Waals surface area contributed by atoms with Crippen molar-refractivity contribution in [3.63, 3.8) is 0 Å². The topological polar surface area (TPSA) is 64.8 Å². The number of aryl methyl sites for hydroxylation is 1. The first-order valence-electron chi connectivity index (χ1n) is 9.24. The van der Waals surface area contributed by atoms with Gasteiger partial charge in [0.05, 0.1) is 24.9 Å². The highest BCUT2D eigenvalue weighted by Crippen LogP contribution is 2.33. The van der Waals surface area contributed by atoms with E-state index in [1.165, 1.54) is 0 Å². The average Bonchev–Trinajstić information content (AvgIpc) is 3.28. The van der Waals surface area contributed by atoms with Gasteiger partial charge in [-0.15, -0.1) is 0 Å².